The van der Waals surface area contributed by atoms with Crippen LogP contribution in [-0.2, 0) is 6.54 Å². The third kappa shape index (κ3) is 3.96. The summed E-state index contributed by atoms with van der Waals surface area (Å²) in [7, 11) is 3.16. The number of carbonyl (C=O) groups excluding carboxylic acids is 1. The summed E-state index contributed by atoms with van der Waals surface area (Å²) in [6.45, 7) is 0.216. The van der Waals surface area contributed by atoms with E-state index in [1.807, 2.05) is 24.3 Å². The number of pyridine rings is 1. The number of amides is 1. The number of aromatic nitrogens is 2. The van der Waals surface area contributed by atoms with E-state index >= 15 is 0 Å². The van der Waals surface area contributed by atoms with Crippen LogP contribution >= 0.6 is 45.9 Å². The molecule has 0 saturated carbocycles. The minimum Gasteiger partial charge on any atom is -0.495 e. The van der Waals surface area contributed by atoms with Crippen molar-refractivity contribution in [3.8, 4) is 11.5 Å². The van der Waals surface area contributed by atoms with Gasteiger partial charge in [0, 0.05) is 6.20 Å². The number of nitrogens with zero attached hydrogens (tertiary/aromatic N) is 3. The highest BCUT2D eigenvalue weighted by Gasteiger charge is 2.27. The van der Waals surface area contributed by atoms with Crippen molar-refractivity contribution >= 4 is 67.1 Å². The molecule has 10 heteroatoms. The lowest BCUT2D eigenvalue weighted by molar-refractivity contribution is 0.0985. The molecule has 0 fully saturated rings. The van der Waals surface area contributed by atoms with Crippen LogP contribution in [0.3, 0.4) is 0 Å². The molecule has 1 amide bonds. The summed E-state index contributed by atoms with van der Waals surface area (Å²) in [6, 6.07) is 10.7. The molecule has 0 N–H and O–H groups in total. The Labute approximate surface area is 190 Å². The summed E-state index contributed by atoms with van der Waals surface area (Å²) in [5.41, 5.74) is 1.65. The van der Waals surface area contributed by atoms with Crippen molar-refractivity contribution in [3.63, 3.8) is 0 Å². The van der Waals surface area contributed by atoms with Crippen LogP contribution in [0.15, 0.2) is 42.6 Å². The maximum atomic E-state index is 13.4. The molecule has 0 aliphatic carbocycles. The first-order chi connectivity index (χ1) is 14.5. The quantitative estimate of drug-likeness (QED) is 0.343. The van der Waals surface area contributed by atoms with Gasteiger partial charge in [0.2, 0.25) is 0 Å². The predicted octanol–water partition coefficient (Wildman–Crippen LogP) is 5.92. The SMILES string of the molecule is COc1ccc(OC)c2sc(N(Cc3ccccn3)C(=O)c3cc(Cl)sc3Cl)nc12. The number of anilines is 1. The lowest BCUT2D eigenvalue weighted by Crippen LogP contribution is -2.30. The number of thiazole rings is 1. The van der Waals surface area contributed by atoms with E-state index < -0.39 is 0 Å². The molecular weight excluding hydrogens is 465 g/mol. The van der Waals surface area contributed by atoms with Gasteiger partial charge in [-0.05, 0) is 30.3 Å². The molecule has 0 spiro atoms. The summed E-state index contributed by atoms with van der Waals surface area (Å²) in [5, 5.41) is 0.474. The maximum absolute atomic E-state index is 13.4. The molecule has 4 aromatic rings. The number of hydrogen-bond acceptors (Lipinski definition) is 7. The fourth-order valence-corrected chi connectivity index (χ4v) is 5.42. The van der Waals surface area contributed by atoms with E-state index in [0.29, 0.717) is 42.1 Å². The molecule has 30 heavy (non-hydrogen) atoms. The molecule has 0 radical (unpaired) electrons. The molecule has 154 valence electrons. The summed E-state index contributed by atoms with van der Waals surface area (Å²) >= 11 is 14.8. The Morgan fingerprint density at radius 2 is 1.87 bits per heavy atom. The molecule has 0 aliphatic rings. The van der Waals surface area contributed by atoms with Gasteiger partial charge in [0.25, 0.3) is 5.91 Å². The molecule has 3 heterocycles. The van der Waals surface area contributed by atoms with Crippen molar-refractivity contribution in [1.82, 2.24) is 9.97 Å². The van der Waals surface area contributed by atoms with Gasteiger partial charge < -0.3 is 9.47 Å². The first kappa shape index (κ1) is 20.9. The largest absolute Gasteiger partial charge is 0.495 e. The average molecular weight is 480 g/mol. The van der Waals surface area contributed by atoms with Crippen LogP contribution in [0.4, 0.5) is 5.13 Å². The molecule has 0 unspecified atom stereocenters. The monoisotopic (exact) mass is 479 g/mol. The minimum atomic E-state index is -0.314. The highest BCUT2D eigenvalue weighted by molar-refractivity contribution is 7.23. The molecular formula is C20H15Cl2N3O3S2. The van der Waals surface area contributed by atoms with Crippen molar-refractivity contribution in [3.05, 3.63) is 62.5 Å². The van der Waals surface area contributed by atoms with Crippen molar-refractivity contribution < 1.29 is 14.3 Å². The lowest BCUT2D eigenvalue weighted by Gasteiger charge is -2.19. The number of halogens is 2. The van der Waals surface area contributed by atoms with Crippen LogP contribution in [0, 0.1) is 0 Å². The number of thiophene rings is 1. The van der Waals surface area contributed by atoms with Crippen molar-refractivity contribution in [2.75, 3.05) is 19.1 Å². The second-order valence-corrected chi connectivity index (χ2v) is 9.36. The number of methoxy groups -OCH3 is 2. The highest BCUT2D eigenvalue weighted by Crippen LogP contribution is 2.41. The average Bonchev–Trinajstić information content (AvgIpc) is 3.34. The summed E-state index contributed by atoms with van der Waals surface area (Å²) in [4.78, 5) is 24.0. The van der Waals surface area contributed by atoms with Gasteiger partial charge in [0.1, 0.15) is 26.1 Å². The molecule has 6 nitrogen and oxygen atoms in total. The zero-order chi connectivity index (χ0) is 21.3. The van der Waals surface area contributed by atoms with Gasteiger partial charge in [0.15, 0.2) is 5.13 Å². The van der Waals surface area contributed by atoms with Crippen LogP contribution in [0.25, 0.3) is 10.2 Å². The number of rotatable bonds is 6. The predicted molar refractivity (Wildman–Crippen MR) is 122 cm³/mol. The van der Waals surface area contributed by atoms with E-state index in [4.69, 9.17) is 32.7 Å². The smallest absolute Gasteiger partial charge is 0.262 e. The highest BCUT2D eigenvalue weighted by atomic mass is 35.5. The maximum Gasteiger partial charge on any atom is 0.262 e. The molecule has 3 aromatic heterocycles. The van der Waals surface area contributed by atoms with Gasteiger partial charge in [-0.1, -0.05) is 40.6 Å². The topological polar surface area (TPSA) is 64.6 Å². The molecule has 0 bridgehead atoms. The van der Waals surface area contributed by atoms with Gasteiger partial charge >= 0.3 is 0 Å². The first-order valence-electron chi connectivity index (χ1n) is 8.70. The zero-order valence-electron chi connectivity index (χ0n) is 15.9. The zero-order valence-corrected chi connectivity index (χ0v) is 19.0. The summed E-state index contributed by atoms with van der Waals surface area (Å²) in [6.07, 6.45) is 1.68. The fourth-order valence-electron chi connectivity index (χ4n) is 2.90. The number of benzene rings is 1. The number of ether oxygens (including phenoxy) is 2. The molecule has 4 rings (SSSR count). The van der Waals surface area contributed by atoms with E-state index in [1.165, 1.54) is 16.2 Å². The summed E-state index contributed by atoms with van der Waals surface area (Å²) in [5.74, 6) is 0.928. The standard InChI is InChI=1S/C20H15Cl2N3O3S2/c1-27-13-6-7-14(28-2)17-16(13)24-20(30-17)25(10-11-5-3-4-8-23-11)19(26)12-9-15(21)29-18(12)22/h3-9H,10H2,1-2H3. The van der Waals surface area contributed by atoms with Crippen molar-refractivity contribution in [2.24, 2.45) is 0 Å². The van der Waals surface area contributed by atoms with Gasteiger partial charge in [-0.3, -0.25) is 14.7 Å². The van der Waals surface area contributed by atoms with Gasteiger partial charge in [-0.2, -0.15) is 0 Å². The van der Waals surface area contributed by atoms with Gasteiger partial charge in [-0.25, -0.2) is 4.98 Å². The molecule has 0 atom stereocenters. The Hall–Kier alpha value is -2.39. The normalized spacial score (nSPS) is 10.9. The third-order valence-corrected chi connectivity index (χ3v) is 6.89. The van der Waals surface area contributed by atoms with Crippen molar-refractivity contribution in [1.29, 1.82) is 0 Å². The number of hydrogen-bond donors (Lipinski definition) is 0. The Balaban J connectivity index is 1.85. The van der Waals surface area contributed by atoms with Gasteiger partial charge in [0.05, 0.1) is 36.4 Å². The Morgan fingerprint density at radius 1 is 1.10 bits per heavy atom. The van der Waals surface area contributed by atoms with E-state index in [-0.39, 0.29) is 12.5 Å². The number of fused-ring (bicyclic) bond motifs is 1. The Kier molecular flexibility index (Phi) is 6.10. The van der Waals surface area contributed by atoms with Gasteiger partial charge in [-0.15, -0.1) is 11.3 Å². The van der Waals surface area contributed by atoms with Crippen molar-refractivity contribution in [2.45, 2.75) is 6.54 Å². The van der Waals surface area contributed by atoms with E-state index in [0.717, 1.165) is 16.0 Å². The molecule has 0 saturated heterocycles. The number of carbonyl (C=O) groups is 1. The van der Waals surface area contributed by atoms with E-state index in [2.05, 4.69) is 9.97 Å². The van der Waals surface area contributed by atoms with Crippen LogP contribution in [0.1, 0.15) is 16.1 Å². The second-order valence-electron chi connectivity index (χ2n) is 6.09. The molecule has 0 aliphatic heterocycles. The fraction of sp³-hybridized carbons (Fsp3) is 0.150. The molecule has 1 aromatic carbocycles. The second kappa shape index (κ2) is 8.77. The first-order valence-corrected chi connectivity index (χ1v) is 11.1. The van der Waals surface area contributed by atoms with Crippen LogP contribution in [0.2, 0.25) is 8.67 Å². The van der Waals surface area contributed by atoms with Crippen LogP contribution in [0.5, 0.6) is 11.5 Å². The minimum absolute atomic E-state index is 0.216. The lowest BCUT2D eigenvalue weighted by atomic mass is 10.2. The van der Waals surface area contributed by atoms with E-state index in [9.17, 15) is 4.79 Å². The Bertz CT molecular complexity index is 1170. The van der Waals surface area contributed by atoms with Crippen LogP contribution in [-0.4, -0.2) is 30.1 Å². The van der Waals surface area contributed by atoms with Crippen LogP contribution < -0.4 is 14.4 Å². The summed E-state index contributed by atoms with van der Waals surface area (Å²) < 4.78 is 12.5. The third-order valence-electron chi connectivity index (χ3n) is 4.31. The Morgan fingerprint density at radius 3 is 2.50 bits per heavy atom. The van der Waals surface area contributed by atoms with E-state index in [1.54, 1.807) is 32.5 Å².